The lowest BCUT2D eigenvalue weighted by molar-refractivity contribution is -0.122. The highest BCUT2D eigenvalue weighted by atomic mass is 32.2. The van der Waals surface area contributed by atoms with Gasteiger partial charge >= 0.3 is 0 Å². The SMILES string of the molecule is CCCn1c(N2CCCC2)c(/C=C2/SC(=S)N(Cc3ccc(C)cc3)C2=O)c(C)c(C#N)c1=O. The van der Waals surface area contributed by atoms with E-state index >= 15 is 0 Å². The van der Waals surface area contributed by atoms with Crippen molar-refractivity contribution in [3.8, 4) is 6.07 Å². The number of thioether (sulfide) groups is 1. The van der Waals surface area contributed by atoms with Crippen molar-refractivity contribution in [3.05, 3.63) is 67.3 Å². The lowest BCUT2D eigenvalue weighted by Crippen LogP contribution is -2.33. The van der Waals surface area contributed by atoms with Crippen LogP contribution in [-0.2, 0) is 17.9 Å². The first-order valence-corrected chi connectivity index (χ1v) is 12.8. The Morgan fingerprint density at radius 3 is 2.44 bits per heavy atom. The van der Waals surface area contributed by atoms with Crippen LogP contribution < -0.4 is 10.5 Å². The van der Waals surface area contributed by atoms with Crippen LogP contribution in [0.4, 0.5) is 5.82 Å². The third-order valence-corrected chi connectivity index (χ3v) is 7.69. The van der Waals surface area contributed by atoms with Crippen molar-refractivity contribution in [2.24, 2.45) is 0 Å². The molecule has 0 unspecified atom stereocenters. The van der Waals surface area contributed by atoms with Gasteiger partial charge in [0.15, 0.2) is 0 Å². The molecule has 0 atom stereocenters. The maximum Gasteiger partial charge on any atom is 0.270 e. The normalized spacial score (nSPS) is 17.2. The second kappa shape index (κ2) is 10.2. The van der Waals surface area contributed by atoms with E-state index in [0.29, 0.717) is 27.9 Å². The molecule has 0 spiro atoms. The highest BCUT2D eigenvalue weighted by Crippen LogP contribution is 2.37. The van der Waals surface area contributed by atoms with Crippen LogP contribution in [0.15, 0.2) is 34.0 Å². The molecule has 2 aromatic rings. The number of pyridine rings is 1. The lowest BCUT2D eigenvalue weighted by atomic mass is 10.0. The van der Waals surface area contributed by atoms with E-state index in [1.165, 1.54) is 11.8 Å². The van der Waals surface area contributed by atoms with Gasteiger partial charge in [0.05, 0.1) is 11.4 Å². The van der Waals surface area contributed by atoms with E-state index in [-0.39, 0.29) is 17.0 Å². The highest BCUT2D eigenvalue weighted by molar-refractivity contribution is 8.26. The summed E-state index contributed by atoms with van der Waals surface area (Å²) in [5, 5.41) is 9.75. The average Bonchev–Trinajstić information content (AvgIpc) is 3.43. The van der Waals surface area contributed by atoms with Gasteiger partial charge in [0.25, 0.3) is 11.5 Å². The number of nitriles is 1. The number of benzene rings is 1. The van der Waals surface area contributed by atoms with Crippen LogP contribution in [0.1, 0.15) is 54.0 Å². The molecular formula is C26H28N4O2S2. The van der Waals surface area contributed by atoms with Gasteiger partial charge in [0, 0.05) is 25.2 Å². The number of thiocarbonyl (C=S) groups is 1. The zero-order chi connectivity index (χ0) is 24.4. The molecule has 0 N–H and O–H groups in total. The number of carbonyl (C=O) groups is 1. The fourth-order valence-corrected chi connectivity index (χ4v) is 5.73. The van der Waals surface area contributed by atoms with Crippen molar-refractivity contribution in [2.75, 3.05) is 18.0 Å². The predicted octanol–water partition coefficient (Wildman–Crippen LogP) is 4.75. The first-order chi connectivity index (χ1) is 16.3. The maximum atomic E-state index is 13.4. The Morgan fingerprint density at radius 2 is 1.82 bits per heavy atom. The van der Waals surface area contributed by atoms with Crippen LogP contribution in [0.3, 0.4) is 0 Å². The third kappa shape index (κ3) is 4.55. The quantitative estimate of drug-likeness (QED) is 0.428. The highest BCUT2D eigenvalue weighted by Gasteiger charge is 2.33. The summed E-state index contributed by atoms with van der Waals surface area (Å²) in [4.78, 5) is 30.9. The van der Waals surface area contributed by atoms with Crippen molar-refractivity contribution in [1.82, 2.24) is 9.47 Å². The van der Waals surface area contributed by atoms with Gasteiger partial charge in [-0.05, 0) is 50.3 Å². The zero-order valence-corrected chi connectivity index (χ0v) is 21.4. The molecule has 0 saturated carbocycles. The van der Waals surface area contributed by atoms with Crippen molar-refractivity contribution >= 4 is 46.1 Å². The first kappa shape index (κ1) is 24.2. The minimum atomic E-state index is -0.257. The molecule has 8 heteroatoms. The standard InChI is InChI=1S/C26H28N4O2S2/c1-4-11-29-23(28-12-5-6-13-28)20(18(3)21(15-27)24(29)31)14-22-25(32)30(26(33)34-22)16-19-9-7-17(2)8-10-19/h7-10,14H,4-6,11-13,16H2,1-3H3/b22-14+. The van der Waals surface area contributed by atoms with E-state index in [1.807, 2.05) is 44.2 Å². The molecule has 2 saturated heterocycles. The summed E-state index contributed by atoms with van der Waals surface area (Å²) in [5.41, 5.74) is 3.44. The van der Waals surface area contributed by atoms with E-state index in [1.54, 1.807) is 16.4 Å². The molecule has 3 heterocycles. The molecule has 1 aromatic carbocycles. The number of nitrogens with zero attached hydrogens (tertiary/aromatic N) is 4. The van der Waals surface area contributed by atoms with Crippen LogP contribution in [0, 0.1) is 25.2 Å². The van der Waals surface area contributed by atoms with Gasteiger partial charge in [-0.2, -0.15) is 5.26 Å². The van der Waals surface area contributed by atoms with Crippen LogP contribution >= 0.6 is 24.0 Å². The average molecular weight is 493 g/mol. The largest absolute Gasteiger partial charge is 0.357 e. The molecule has 1 aromatic heterocycles. The van der Waals surface area contributed by atoms with Crippen molar-refractivity contribution in [2.45, 2.75) is 53.1 Å². The van der Waals surface area contributed by atoms with E-state index in [9.17, 15) is 14.9 Å². The molecule has 176 valence electrons. The fourth-order valence-electron chi connectivity index (χ4n) is 4.49. The molecule has 2 fully saturated rings. The smallest absolute Gasteiger partial charge is 0.270 e. The van der Waals surface area contributed by atoms with Crippen LogP contribution in [0.5, 0.6) is 0 Å². The van der Waals surface area contributed by atoms with Gasteiger partial charge in [0.2, 0.25) is 0 Å². The second-order valence-corrected chi connectivity index (χ2v) is 10.4. The fraction of sp³-hybridized carbons (Fsp3) is 0.385. The van der Waals surface area contributed by atoms with Gasteiger partial charge in [-0.25, -0.2) is 0 Å². The number of hydrogen-bond donors (Lipinski definition) is 0. The second-order valence-electron chi connectivity index (χ2n) is 8.75. The van der Waals surface area contributed by atoms with Crippen molar-refractivity contribution in [1.29, 1.82) is 5.26 Å². The molecular weight excluding hydrogens is 464 g/mol. The summed E-state index contributed by atoms with van der Waals surface area (Å²) < 4.78 is 2.23. The summed E-state index contributed by atoms with van der Waals surface area (Å²) >= 11 is 6.83. The number of anilines is 1. The Labute approximate surface area is 209 Å². The van der Waals surface area contributed by atoms with Crippen LogP contribution in [-0.4, -0.2) is 32.8 Å². The number of aryl methyl sites for hydroxylation is 1. The Bertz CT molecular complexity index is 1270. The van der Waals surface area contributed by atoms with E-state index in [2.05, 4.69) is 11.0 Å². The minimum Gasteiger partial charge on any atom is -0.357 e. The summed E-state index contributed by atoms with van der Waals surface area (Å²) in [6, 6.07) is 10.2. The summed E-state index contributed by atoms with van der Waals surface area (Å²) in [6.45, 7) is 8.48. The molecule has 6 nitrogen and oxygen atoms in total. The Balaban J connectivity index is 1.80. The topological polar surface area (TPSA) is 69.3 Å². The van der Waals surface area contributed by atoms with Crippen molar-refractivity contribution in [3.63, 3.8) is 0 Å². The first-order valence-electron chi connectivity index (χ1n) is 11.6. The molecule has 0 aliphatic carbocycles. The predicted molar refractivity (Wildman–Crippen MR) is 142 cm³/mol. The van der Waals surface area contributed by atoms with Crippen LogP contribution in [0.25, 0.3) is 6.08 Å². The molecule has 0 bridgehead atoms. The monoisotopic (exact) mass is 492 g/mol. The zero-order valence-electron chi connectivity index (χ0n) is 19.8. The Hall–Kier alpha value is -2.89. The molecule has 1 amide bonds. The molecule has 34 heavy (non-hydrogen) atoms. The van der Waals surface area contributed by atoms with E-state index < -0.39 is 0 Å². The summed E-state index contributed by atoms with van der Waals surface area (Å²) in [5.74, 6) is 0.666. The summed E-state index contributed by atoms with van der Waals surface area (Å²) in [6.07, 6.45) is 4.71. The number of carbonyl (C=O) groups excluding carboxylic acids is 1. The van der Waals surface area contributed by atoms with Gasteiger partial charge in [-0.3, -0.25) is 19.1 Å². The van der Waals surface area contributed by atoms with Gasteiger partial charge < -0.3 is 4.90 Å². The molecule has 2 aliphatic heterocycles. The number of amides is 1. The number of hydrogen-bond acceptors (Lipinski definition) is 6. The molecule has 2 aliphatic rings. The molecule has 4 rings (SSSR count). The van der Waals surface area contributed by atoms with Gasteiger partial charge in [0.1, 0.15) is 21.8 Å². The van der Waals surface area contributed by atoms with Crippen LogP contribution in [0.2, 0.25) is 0 Å². The van der Waals surface area contributed by atoms with E-state index in [4.69, 9.17) is 12.2 Å². The lowest BCUT2D eigenvalue weighted by Gasteiger charge is -2.26. The Morgan fingerprint density at radius 1 is 1.15 bits per heavy atom. The van der Waals surface area contributed by atoms with Gasteiger partial charge in [-0.15, -0.1) is 0 Å². The number of rotatable bonds is 6. The van der Waals surface area contributed by atoms with Gasteiger partial charge in [-0.1, -0.05) is 60.7 Å². The summed E-state index contributed by atoms with van der Waals surface area (Å²) in [7, 11) is 0. The number of aromatic nitrogens is 1. The molecule has 0 radical (unpaired) electrons. The van der Waals surface area contributed by atoms with Crippen molar-refractivity contribution < 1.29 is 4.79 Å². The third-order valence-electron chi connectivity index (χ3n) is 6.31. The van der Waals surface area contributed by atoms with E-state index in [0.717, 1.165) is 54.9 Å². The minimum absolute atomic E-state index is 0.137. The Kier molecular flexibility index (Phi) is 7.24. The maximum absolute atomic E-state index is 13.4.